The second-order valence-corrected chi connectivity index (χ2v) is 5.94. The van der Waals surface area contributed by atoms with Gasteiger partial charge in [0.2, 0.25) is 5.91 Å². The second kappa shape index (κ2) is 6.09. The molecule has 1 aliphatic heterocycles. The van der Waals surface area contributed by atoms with Crippen molar-refractivity contribution in [2.45, 2.75) is 25.5 Å². The fourth-order valence-corrected chi connectivity index (χ4v) is 3.16. The first-order chi connectivity index (χ1) is 11.7. The highest BCUT2D eigenvalue weighted by Gasteiger charge is 2.18. The summed E-state index contributed by atoms with van der Waals surface area (Å²) in [6, 6.07) is 7.25. The van der Waals surface area contributed by atoms with Gasteiger partial charge < -0.3 is 14.5 Å². The molecule has 1 atom stereocenters. The maximum Gasteiger partial charge on any atom is 0.276 e. The number of amides is 1. The molecule has 1 N–H and O–H groups in total. The zero-order valence-electron chi connectivity index (χ0n) is 13.1. The van der Waals surface area contributed by atoms with Crippen molar-refractivity contribution in [3.8, 4) is 0 Å². The van der Waals surface area contributed by atoms with E-state index in [2.05, 4.69) is 10.3 Å². The second-order valence-electron chi connectivity index (χ2n) is 5.94. The predicted molar refractivity (Wildman–Crippen MR) is 88.9 cm³/mol. The number of rotatable bonds is 4. The van der Waals surface area contributed by atoms with Crippen molar-refractivity contribution in [1.29, 1.82) is 0 Å². The highest BCUT2D eigenvalue weighted by molar-refractivity contribution is 5.80. The smallest absolute Gasteiger partial charge is 0.276 e. The van der Waals surface area contributed by atoms with Crippen molar-refractivity contribution in [1.82, 2.24) is 19.3 Å². The molecule has 0 radical (unpaired) electrons. The molecule has 1 unspecified atom stereocenters. The maximum absolute atomic E-state index is 12.7. The van der Waals surface area contributed by atoms with Crippen LogP contribution in [0.3, 0.4) is 0 Å². The van der Waals surface area contributed by atoms with Gasteiger partial charge in [0.15, 0.2) is 5.65 Å². The summed E-state index contributed by atoms with van der Waals surface area (Å²) >= 11 is 0. The number of hydrogen-bond acceptors (Lipinski definition) is 4. The molecule has 0 aliphatic carbocycles. The number of ether oxygens (including phenoxy) is 1. The normalized spacial score (nSPS) is 17.6. The molecule has 124 valence electrons. The van der Waals surface area contributed by atoms with E-state index in [-0.39, 0.29) is 24.1 Å². The number of nitrogens with one attached hydrogen (secondary N) is 1. The van der Waals surface area contributed by atoms with Crippen LogP contribution in [0, 0.1) is 0 Å². The lowest BCUT2D eigenvalue weighted by Gasteiger charge is -2.13. The Morgan fingerprint density at radius 2 is 2.21 bits per heavy atom. The van der Waals surface area contributed by atoms with Crippen LogP contribution in [0.5, 0.6) is 0 Å². The van der Waals surface area contributed by atoms with Crippen LogP contribution in [0.1, 0.15) is 12.8 Å². The van der Waals surface area contributed by atoms with Crippen LogP contribution < -0.4 is 10.9 Å². The average molecular weight is 326 g/mol. The summed E-state index contributed by atoms with van der Waals surface area (Å²) in [4.78, 5) is 29.3. The van der Waals surface area contributed by atoms with Crippen molar-refractivity contribution >= 4 is 22.6 Å². The van der Waals surface area contributed by atoms with E-state index in [0.29, 0.717) is 17.7 Å². The SMILES string of the molecule is O=C(Cn1c(=O)c2cccn2c2cccnc21)NCC1CCCO1. The average Bonchev–Trinajstić information content (AvgIpc) is 3.28. The first kappa shape index (κ1) is 14.9. The molecule has 1 amide bonds. The summed E-state index contributed by atoms with van der Waals surface area (Å²) in [6.45, 7) is 1.17. The van der Waals surface area contributed by atoms with Gasteiger partial charge >= 0.3 is 0 Å². The van der Waals surface area contributed by atoms with Crippen molar-refractivity contribution < 1.29 is 9.53 Å². The molecule has 3 aromatic heterocycles. The lowest BCUT2D eigenvalue weighted by atomic mass is 10.2. The zero-order valence-corrected chi connectivity index (χ0v) is 13.1. The quantitative estimate of drug-likeness (QED) is 0.774. The van der Waals surface area contributed by atoms with Crippen LogP contribution in [0.2, 0.25) is 0 Å². The third kappa shape index (κ3) is 2.56. The van der Waals surface area contributed by atoms with Crippen LogP contribution in [0.25, 0.3) is 16.7 Å². The maximum atomic E-state index is 12.7. The number of pyridine rings is 1. The molecule has 0 saturated carbocycles. The zero-order chi connectivity index (χ0) is 16.5. The Labute approximate surface area is 137 Å². The first-order valence-electron chi connectivity index (χ1n) is 8.07. The molecule has 1 saturated heterocycles. The molecule has 4 heterocycles. The van der Waals surface area contributed by atoms with Gasteiger partial charge in [0, 0.05) is 25.5 Å². The van der Waals surface area contributed by atoms with E-state index in [9.17, 15) is 9.59 Å². The Balaban J connectivity index is 1.65. The van der Waals surface area contributed by atoms with E-state index < -0.39 is 0 Å². The lowest BCUT2D eigenvalue weighted by Crippen LogP contribution is -2.37. The number of nitrogens with zero attached hydrogens (tertiary/aromatic N) is 3. The Morgan fingerprint density at radius 1 is 1.33 bits per heavy atom. The predicted octanol–water partition coefficient (Wildman–Crippen LogP) is 0.944. The minimum absolute atomic E-state index is 0.0548. The highest BCUT2D eigenvalue weighted by atomic mass is 16.5. The van der Waals surface area contributed by atoms with Gasteiger partial charge in [-0.05, 0) is 37.1 Å². The van der Waals surface area contributed by atoms with Crippen LogP contribution in [0.4, 0.5) is 0 Å². The lowest BCUT2D eigenvalue weighted by molar-refractivity contribution is -0.122. The minimum atomic E-state index is -0.224. The van der Waals surface area contributed by atoms with Crippen molar-refractivity contribution in [2.75, 3.05) is 13.2 Å². The molecular formula is C17H18N4O3. The molecule has 7 nitrogen and oxygen atoms in total. The van der Waals surface area contributed by atoms with E-state index >= 15 is 0 Å². The number of fused-ring (bicyclic) bond motifs is 3. The van der Waals surface area contributed by atoms with Crippen LogP contribution in [0.15, 0.2) is 41.5 Å². The van der Waals surface area contributed by atoms with Gasteiger partial charge in [0.05, 0.1) is 11.6 Å². The molecular weight excluding hydrogens is 308 g/mol. The minimum Gasteiger partial charge on any atom is -0.376 e. The fraction of sp³-hybridized carbons (Fsp3) is 0.353. The molecule has 1 fully saturated rings. The van der Waals surface area contributed by atoms with Gasteiger partial charge in [0.25, 0.3) is 5.56 Å². The first-order valence-corrected chi connectivity index (χ1v) is 8.07. The molecule has 0 bridgehead atoms. The van der Waals surface area contributed by atoms with E-state index in [0.717, 1.165) is 25.0 Å². The van der Waals surface area contributed by atoms with Crippen LogP contribution in [-0.2, 0) is 16.1 Å². The number of hydrogen-bond donors (Lipinski definition) is 1. The summed E-state index contributed by atoms with van der Waals surface area (Å²) in [5.41, 5.74) is 1.60. The summed E-state index contributed by atoms with van der Waals surface area (Å²) < 4.78 is 8.72. The summed E-state index contributed by atoms with van der Waals surface area (Å²) in [7, 11) is 0. The third-order valence-electron chi connectivity index (χ3n) is 4.35. The molecule has 4 rings (SSSR count). The van der Waals surface area contributed by atoms with E-state index in [1.807, 2.05) is 24.4 Å². The Kier molecular flexibility index (Phi) is 3.78. The topological polar surface area (TPSA) is 77.6 Å². The largest absolute Gasteiger partial charge is 0.376 e. The number of aromatic nitrogens is 3. The van der Waals surface area contributed by atoms with Gasteiger partial charge in [-0.2, -0.15) is 0 Å². The molecule has 0 spiro atoms. The number of carbonyl (C=O) groups excluding carboxylic acids is 1. The monoisotopic (exact) mass is 326 g/mol. The number of carbonyl (C=O) groups is 1. The van der Waals surface area contributed by atoms with Gasteiger partial charge in [-0.1, -0.05) is 0 Å². The molecule has 24 heavy (non-hydrogen) atoms. The van der Waals surface area contributed by atoms with Gasteiger partial charge in [-0.3, -0.25) is 14.2 Å². The summed E-state index contributed by atoms with van der Waals surface area (Å²) in [6.07, 6.45) is 5.51. The van der Waals surface area contributed by atoms with E-state index in [4.69, 9.17) is 4.74 Å². The van der Waals surface area contributed by atoms with Crippen LogP contribution in [-0.4, -0.2) is 39.1 Å². The Bertz CT molecular complexity index is 953. The van der Waals surface area contributed by atoms with E-state index in [1.54, 1.807) is 16.7 Å². The molecule has 3 aromatic rings. The van der Waals surface area contributed by atoms with Crippen molar-refractivity contribution in [3.63, 3.8) is 0 Å². The van der Waals surface area contributed by atoms with Crippen LogP contribution >= 0.6 is 0 Å². The molecule has 1 aliphatic rings. The molecule has 7 heteroatoms. The fourth-order valence-electron chi connectivity index (χ4n) is 3.16. The molecule has 0 aromatic carbocycles. The highest BCUT2D eigenvalue weighted by Crippen LogP contribution is 2.13. The standard InChI is InChI=1S/C17H18N4O3/c22-15(19-10-12-4-3-9-24-12)11-21-16-13(5-1-7-18-16)20-8-2-6-14(20)17(21)23/h1-2,5-8,12H,3-4,9-11H2,(H,19,22). The van der Waals surface area contributed by atoms with E-state index in [1.165, 1.54) is 4.57 Å². The van der Waals surface area contributed by atoms with Crippen molar-refractivity contribution in [3.05, 3.63) is 47.0 Å². The Hall–Kier alpha value is -2.67. The van der Waals surface area contributed by atoms with Gasteiger partial charge in [0.1, 0.15) is 12.1 Å². The van der Waals surface area contributed by atoms with Crippen molar-refractivity contribution in [2.24, 2.45) is 0 Å². The van der Waals surface area contributed by atoms with Gasteiger partial charge in [-0.25, -0.2) is 4.98 Å². The summed E-state index contributed by atoms with van der Waals surface area (Å²) in [5.74, 6) is -0.213. The third-order valence-corrected chi connectivity index (χ3v) is 4.35. The summed E-state index contributed by atoms with van der Waals surface area (Å²) in [5, 5.41) is 2.85. The Morgan fingerprint density at radius 3 is 3.04 bits per heavy atom. The van der Waals surface area contributed by atoms with Gasteiger partial charge in [-0.15, -0.1) is 0 Å².